The molecule has 1 aliphatic rings. The van der Waals surface area contributed by atoms with Crippen LogP contribution in [0.25, 0.3) is 6.08 Å². The van der Waals surface area contributed by atoms with E-state index in [0.717, 1.165) is 36.8 Å². The molecule has 118 valence electrons. The Kier molecular flexibility index (Phi) is 4.20. The van der Waals surface area contributed by atoms with Crippen LogP contribution in [-0.4, -0.2) is 11.1 Å². The highest BCUT2D eigenvalue weighted by molar-refractivity contribution is 5.90. The molecule has 0 heterocycles. The summed E-state index contributed by atoms with van der Waals surface area (Å²) in [6.45, 7) is 3.71. The van der Waals surface area contributed by atoms with E-state index in [-0.39, 0.29) is 11.7 Å². The van der Waals surface area contributed by atoms with Crippen molar-refractivity contribution in [3.63, 3.8) is 0 Å². The molecule has 1 aliphatic carbocycles. The summed E-state index contributed by atoms with van der Waals surface area (Å²) in [4.78, 5) is 12.6. The Morgan fingerprint density at radius 1 is 1.13 bits per heavy atom. The van der Waals surface area contributed by atoms with E-state index in [1.54, 1.807) is 36.4 Å². The second kappa shape index (κ2) is 6.29. The minimum Gasteiger partial charge on any atom is -0.508 e. The first-order valence-electron chi connectivity index (χ1n) is 7.88. The Labute approximate surface area is 136 Å². The summed E-state index contributed by atoms with van der Waals surface area (Å²) < 4.78 is 5.92. The van der Waals surface area contributed by atoms with Crippen LogP contribution in [0.5, 0.6) is 5.75 Å². The van der Waals surface area contributed by atoms with Crippen LogP contribution in [0.2, 0.25) is 0 Å². The quantitative estimate of drug-likeness (QED) is 0.835. The second-order valence-corrected chi connectivity index (χ2v) is 5.97. The first kappa shape index (κ1) is 15.3. The van der Waals surface area contributed by atoms with Crippen molar-refractivity contribution in [3.8, 4) is 5.75 Å². The summed E-state index contributed by atoms with van der Waals surface area (Å²) in [5, 5.41) is 9.75. The Hall–Kier alpha value is -2.55. The zero-order valence-electron chi connectivity index (χ0n) is 13.0. The van der Waals surface area contributed by atoms with Gasteiger partial charge in [0.15, 0.2) is 0 Å². The van der Waals surface area contributed by atoms with Gasteiger partial charge in [0.25, 0.3) is 0 Å². The Bertz CT molecular complexity index is 710. The number of esters is 1. The molecule has 1 saturated carbocycles. The molecule has 0 aliphatic heterocycles. The first-order chi connectivity index (χ1) is 11.1. The van der Waals surface area contributed by atoms with Gasteiger partial charge in [0.2, 0.25) is 0 Å². The van der Waals surface area contributed by atoms with Gasteiger partial charge in [-0.3, -0.25) is 0 Å². The minimum absolute atomic E-state index is 0.195. The van der Waals surface area contributed by atoms with E-state index in [1.807, 2.05) is 18.2 Å². The average molecular weight is 308 g/mol. The number of aromatic hydroxyl groups is 1. The molecule has 0 radical (unpaired) electrons. The summed E-state index contributed by atoms with van der Waals surface area (Å²) in [6.07, 6.45) is 5.33. The smallest absolute Gasteiger partial charge is 0.339 e. The predicted octanol–water partition coefficient (Wildman–Crippen LogP) is 4.66. The fraction of sp³-hybridized carbons (Fsp3) is 0.250. The van der Waals surface area contributed by atoms with Crippen molar-refractivity contribution >= 4 is 12.0 Å². The number of hydrogen-bond donors (Lipinski definition) is 1. The van der Waals surface area contributed by atoms with E-state index in [9.17, 15) is 9.90 Å². The van der Waals surface area contributed by atoms with Crippen LogP contribution in [0, 0.1) is 0 Å². The molecule has 3 heteroatoms. The SMILES string of the molecule is C=Cc1ccc(C(=O)OC2(c3cccc(O)c3)CCCC2)cc1. The lowest BCUT2D eigenvalue weighted by atomic mass is 9.91. The van der Waals surface area contributed by atoms with E-state index in [4.69, 9.17) is 4.74 Å². The highest BCUT2D eigenvalue weighted by Gasteiger charge is 2.39. The second-order valence-electron chi connectivity index (χ2n) is 5.97. The minimum atomic E-state index is -0.632. The highest BCUT2D eigenvalue weighted by atomic mass is 16.6. The molecular formula is C20H20O3. The van der Waals surface area contributed by atoms with Gasteiger partial charge in [-0.05, 0) is 61.1 Å². The van der Waals surface area contributed by atoms with Gasteiger partial charge in [0, 0.05) is 0 Å². The highest BCUT2D eigenvalue weighted by Crippen LogP contribution is 2.43. The molecule has 0 atom stereocenters. The summed E-state index contributed by atoms with van der Waals surface area (Å²) >= 11 is 0. The topological polar surface area (TPSA) is 46.5 Å². The van der Waals surface area contributed by atoms with Gasteiger partial charge in [0.05, 0.1) is 5.56 Å². The molecule has 0 amide bonds. The summed E-state index contributed by atoms with van der Waals surface area (Å²) in [5.74, 6) is -0.133. The Morgan fingerprint density at radius 3 is 2.43 bits per heavy atom. The van der Waals surface area contributed by atoms with Crippen molar-refractivity contribution in [2.45, 2.75) is 31.3 Å². The van der Waals surface area contributed by atoms with Gasteiger partial charge in [-0.1, -0.05) is 36.9 Å². The molecule has 2 aromatic carbocycles. The van der Waals surface area contributed by atoms with Crippen molar-refractivity contribution in [1.29, 1.82) is 0 Å². The number of benzene rings is 2. The molecular weight excluding hydrogens is 288 g/mol. The number of carbonyl (C=O) groups is 1. The van der Waals surface area contributed by atoms with Gasteiger partial charge in [0.1, 0.15) is 11.4 Å². The van der Waals surface area contributed by atoms with Crippen LogP contribution in [0.4, 0.5) is 0 Å². The van der Waals surface area contributed by atoms with E-state index in [1.165, 1.54) is 0 Å². The lowest BCUT2D eigenvalue weighted by molar-refractivity contribution is -0.0184. The molecule has 0 unspecified atom stereocenters. The van der Waals surface area contributed by atoms with Crippen molar-refractivity contribution in [3.05, 3.63) is 71.8 Å². The molecule has 0 saturated heterocycles. The number of hydrogen-bond acceptors (Lipinski definition) is 3. The zero-order chi connectivity index (χ0) is 16.3. The third-order valence-electron chi connectivity index (χ3n) is 4.45. The fourth-order valence-corrected chi connectivity index (χ4v) is 3.18. The first-order valence-corrected chi connectivity index (χ1v) is 7.88. The lowest BCUT2D eigenvalue weighted by Gasteiger charge is -2.29. The van der Waals surface area contributed by atoms with E-state index in [0.29, 0.717) is 5.56 Å². The van der Waals surface area contributed by atoms with Crippen LogP contribution in [-0.2, 0) is 10.3 Å². The largest absolute Gasteiger partial charge is 0.508 e. The van der Waals surface area contributed by atoms with Crippen molar-refractivity contribution < 1.29 is 14.6 Å². The molecule has 0 spiro atoms. The van der Waals surface area contributed by atoms with Crippen LogP contribution >= 0.6 is 0 Å². The van der Waals surface area contributed by atoms with Crippen LogP contribution in [0.1, 0.15) is 47.2 Å². The molecule has 23 heavy (non-hydrogen) atoms. The Morgan fingerprint density at radius 2 is 1.83 bits per heavy atom. The standard InChI is InChI=1S/C20H20O3/c1-2-15-8-10-16(11-9-15)19(22)23-20(12-3-4-13-20)17-6-5-7-18(21)14-17/h2,5-11,14,21H,1,3-4,12-13H2. The Balaban J connectivity index is 1.87. The summed E-state index contributed by atoms with van der Waals surface area (Å²) in [7, 11) is 0. The maximum atomic E-state index is 12.6. The summed E-state index contributed by atoms with van der Waals surface area (Å²) in [5.41, 5.74) is 1.73. The fourth-order valence-electron chi connectivity index (χ4n) is 3.18. The van der Waals surface area contributed by atoms with Gasteiger partial charge in [-0.2, -0.15) is 0 Å². The molecule has 0 aromatic heterocycles. The van der Waals surface area contributed by atoms with Crippen LogP contribution < -0.4 is 0 Å². The van der Waals surface area contributed by atoms with Gasteiger partial charge >= 0.3 is 5.97 Å². The van der Waals surface area contributed by atoms with Crippen molar-refractivity contribution in [1.82, 2.24) is 0 Å². The third kappa shape index (κ3) is 3.14. The van der Waals surface area contributed by atoms with Gasteiger partial charge in [-0.25, -0.2) is 4.79 Å². The zero-order valence-corrected chi connectivity index (χ0v) is 13.0. The maximum absolute atomic E-state index is 12.6. The van der Waals surface area contributed by atoms with Crippen LogP contribution in [0.15, 0.2) is 55.1 Å². The van der Waals surface area contributed by atoms with Crippen LogP contribution in [0.3, 0.4) is 0 Å². The number of rotatable bonds is 4. The van der Waals surface area contributed by atoms with Crippen molar-refractivity contribution in [2.24, 2.45) is 0 Å². The predicted molar refractivity (Wildman–Crippen MR) is 90.2 cm³/mol. The van der Waals surface area contributed by atoms with Gasteiger partial charge in [-0.15, -0.1) is 0 Å². The molecule has 2 aromatic rings. The number of phenols is 1. The molecule has 0 bridgehead atoms. The number of phenolic OH excluding ortho intramolecular Hbond substituents is 1. The maximum Gasteiger partial charge on any atom is 0.339 e. The monoisotopic (exact) mass is 308 g/mol. The van der Waals surface area contributed by atoms with E-state index >= 15 is 0 Å². The van der Waals surface area contributed by atoms with E-state index in [2.05, 4.69) is 6.58 Å². The number of carbonyl (C=O) groups excluding carboxylic acids is 1. The van der Waals surface area contributed by atoms with Gasteiger partial charge < -0.3 is 9.84 Å². The summed E-state index contributed by atoms with van der Waals surface area (Å²) in [6, 6.07) is 14.2. The lowest BCUT2D eigenvalue weighted by Crippen LogP contribution is -2.29. The molecule has 3 nitrogen and oxygen atoms in total. The third-order valence-corrected chi connectivity index (χ3v) is 4.45. The normalized spacial score (nSPS) is 16.0. The molecule has 1 N–H and O–H groups in total. The van der Waals surface area contributed by atoms with Crippen molar-refractivity contribution in [2.75, 3.05) is 0 Å². The molecule has 3 rings (SSSR count). The average Bonchev–Trinajstić information content (AvgIpc) is 3.04. The van der Waals surface area contributed by atoms with E-state index < -0.39 is 5.60 Å². The molecule has 1 fully saturated rings. The number of ether oxygens (including phenoxy) is 1.